The second kappa shape index (κ2) is 8.98. The Labute approximate surface area is 174 Å². The van der Waals surface area contributed by atoms with Gasteiger partial charge in [0, 0.05) is 18.8 Å². The molecule has 0 aromatic carbocycles. The lowest BCUT2D eigenvalue weighted by Crippen LogP contribution is -2.61. The molecule has 1 fully saturated rings. The number of nitrogens with one attached hydrogen (secondary N) is 3. The van der Waals surface area contributed by atoms with Crippen LogP contribution in [0.3, 0.4) is 0 Å². The van der Waals surface area contributed by atoms with Crippen LogP contribution in [0.4, 0.5) is 4.79 Å². The maximum atomic E-state index is 12.8. The zero-order valence-corrected chi connectivity index (χ0v) is 17.2. The van der Waals surface area contributed by atoms with Crippen molar-refractivity contribution in [1.29, 1.82) is 0 Å². The number of carbonyl (C=O) groups is 3. The molecule has 1 aliphatic rings. The van der Waals surface area contributed by atoms with Gasteiger partial charge < -0.3 is 20.7 Å². The van der Waals surface area contributed by atoms with Crippen LogP contribution in [-0.4, -0.2) is 53.3 Å². The molecule has 1 aliphatic carbocycles. The average Bonchev–Trinajstić information content (AvgIpc) is 3.21. The van der Waals surface area contributed by atoms with Gasteiger partial charge in [-0.05, 0) is 36.0 Å². The van der Waals surface area contributed by atoms with Crippen molar-refractivity contribution in [2.45, 2.75) is 26.3 Å². The number of hydrogen-bond acceptors (Lipinski definition) is 5. The van der Waals surface area contributed by atoms with Gasteiger partial charge in [0.2, 0.25) is 5.91 Å². The van der Waals surface area contributed by atoms with E-state index in [4.69, 9.17) is 4.74 Å². The molecule has 0 bridgehead atoms. The van der Waals surface area contributed by atoms with Crippen molar-refractivity contribution in [3.8, 4) is 0 Å². The molecule has 0 saturated heterocycles. The number of ether oxygens (including phenoxy) is 1. The fourth-order valence-corrected chi connectivity index (χ4v) is 3.63. The fourth-order valence-electron chi connectivity index (χ4n) is 3.63. The molecular weight excluding hydrogens is 386 g/mol. The minimum absolute atomic E-state index is 0.00193. The lowest BCUT2D eigenvalue weighted by atomic mass is 9.58. The molecule has 2 aromatic heterocycles. The van der Waals surface area contributed by atoms with Gasteiger partial charge in [-0.3, -0.25) is 9.59 Å². The summed E-state index contributed by atoms with van der Waals surface area (Å²) >= 11 is 0. The molecule has 1 saturated carbocycles. The smallest absolute Gasteiger partial charge is 0.407 e. The first-order chi connectivity index (χ1) is 14.3. The van der Waals surface area contributed by atoms with Crippen LogP contribution in [0.5, 0.6) is 0 Å². The third-order valence-corrected chi connectivity index (χ3v) is 5.73. The van der Waals surface area contributed by atoms with E-state index in [0.29, 0.717) is 12.1 Å². The van der Waals surface area contributed by atoms with Gasteiger partial charge >= 0.3 is 6.09 Å². The SMILES string of the molecule is C=CCOC(=O)NCC(=O)NCC1CC(NC(=O)c2cccn3nccc23)C1(C)C. The van der Waals surface area contributed by atoms with E-state index in [-0.39, 0.29) is 42.3 Å². The topological polar surface area (TPSA) is 114 Å². The van der Waals surface area contributed by atoms with E-state index < -0.39 is 6.09 Å². The Morgan fingerprint density at radius 3 is 2.87 bits per heavy atom. The van der Waals surface area contributed by atoms with Gasteiger partial charge in [0.25, 0.3) is 5.91 Å². The minimum Gasteiger partial charge on any atom is -0.445 e. The molecular formula is C21H27N5O4. The molecule has 2 unspecified atom stereocenters. The predicted molar refractivity (Wildman–Crippen MR) is 111 cm³/mol. The van der Waals surface area contributed by atoms with Gasteiger partial charge in [-0.15, -0.1) is 0 Å². The number of hydrogen-bond donors (Lipinski definition) is 3. The largest absolute Gasteiger partial charge is 0.445 e. The van der Waals surface area contributed by atoms with Gasteiger partial charge in [-0.2, -0.15) is 5.10 Å². The molecule has 160 valence electrons. The number of amides is 3. The van der Waals surface area contributed by atoms with Crippen LogP contribution in [0, 0.1) is 11.3 Å². The van der Waals surface area contributed by atoms with E-state index in [1.165, 1.54) is 6.08 Å². The van der Waals surface area contributed by atoms with Crippen molar-refractivity contribution in [2.24, 2.45) is 11.3 Å². The van der Waals surface area contributed by atoms with Gasteiger partial charge in [0.05, 0.1) is 23.8 Å². The molecule has 3 amide bonds. The van der Waals surface area contributed by atoms with E-state index in [0.717, 1.165) is 11.9 Å². The summed E-state index contributed by atoms with van der Waals surface area (Å²) in [6.07, 6.45) is 5.00. The minimum atomic E-state index is -0.662. The number of fused-ring (bicyclic) bond motifs is 1. The highest BCUT2D eigenvalue weighted by atomic mass is 16.5. The third kappa shape index (κ3) is 4.61. The number of aromatic nitrogens is 2. The van der Waals surface area contributed by atoms with Gasteiger partial charge in [0.15, 0.2) is 0 Å². The quantitative estimate of drug-likeness (QED) is 0.568. The molecule has 30 heavy (non-hydrogen) atoms. The zero-order chi connectivity index (χ0) is 21.7. The highest BCUT2D eigenvalue weighted by Gasteiger charge is 2.48. The first-order valence-electron chi connectivity index (χ1n) is 9.84. The summed E-state index contributed by atoms with van der Waals surface area (Å²) in [6, 6.07) is 5.38. The molecule has 0 aliphatic heterocycles. The maximum absolute atomic E-state index is 12.8. The molecule has 2 heterocycles. The molecule has 3 N–H and O–H groups in total. The summed E-state index contributed by atoms with van der Waals surface area (Å²) in [5, 5.41) is 12.5. The van der Waals surface area contributed by atoms with Crippen LogP contribution < -0.4 is 16.0 Å². The summed E-state index contributed by atoms with van der Waals surface area (Å²) in [6.45, 7) is 8.00. The van der Waals surface area contributed by atoms with Crippen molar-refractivity contribution in [3.05, 3.63) is 48.8 Å². The highest BCUT2D eigenvalue weighted by molar-refractivity contribution is 6.00. The standard InChI is InChI=1S/C21H27N5O4/c1-4-10-30-20(29)23-13-18(27)22-12-14-11-17(21(14,2)3)25-19(28)15-6-5-9-26-16(15)7-8-24-26/h4-9,14,17H,1,10-13H2,2-3H3,(H,22,27)(H,23,29)(H,25,28). The number of nitrogens with zero attached hydrogens (tertiary/aromatic N) is 2. The first-order valence-corrected chi connectivity index (χ1v) is 9.84. The van der Waals surface area contributed by atoms with Crippen LogP contribution in [0.2, 0.25) is 0 Å². The van der Waals surface area contributed by atoms with Crippen LogP contribution in [0.1, 0.15) is 30.6 Å². The summed E-state index contributed by atoms with van der Waals surface area (Å²) < 4.78 is 6.42. The third-order valence-electron chi connectivity index (χ3n) is 5.73. The molecule has 9 nitrogen and oxygen atoms in total. The van der Waals surface area contributed by atoms with Crippen LogP contribution in [-0.2, 0) is 9.53 Å². The predicted octanol–water partition coefficient (Wildman–Crippen LogP) is 1.51. The average molecular weight is 413 g/mol. The van der Waals surface area contributed by atoms with E-state index in [9.17, 15) is 14.4 Å². The van der Waals surface area contributed by atoms with Crippen LogP contribution >= 0.6 is 0 Å². The number of carbonyl (C=O) groups excluding carboxylic acids is 3. The normalized spacial score (nSPS) is 19.4. The number of rotatable bonds is 8. The maximum Gasteiger partial charge on any atom is 0.407 e. The fraction of sp³-hybridized carbons (Fsp3) is 0.429. The molecule has 2 aromatic rings. The summed E-state index contributed by atoms with van der Waals surface area (Å²) in [7, 11) is 0. The van der Waals surface area contributed by atoms with Gasteiger partial charge in [0.1, 0.15) is 6.61 Å². The Kier molecular flexibility index (Phi) is 6.39. The van der Waals surface area contributed by atoms with Crippen molar-refractivity contribution in [3.63, 3.8) is 0 Å². The zero-order valence-electron chi connectivity index (χ0n) is 17.2. The van der Waals surface area contributed by atoms with Crippen LogP contribution in [0.15, 0.2) is 43.2 Å². The molecule has 0 spiro atoms. The van der Waals surface area contributed by atoms with Crippen molar-refractivity contribution in [1.82, 2.24) is 25.6 Å². The number of pyridine rings is 1. The second-order valence-corrected chi connectivity index (χ2v) is 7.91. The second-order valence-electron chi connectivity index (χ2n) is 7.91. The van der Waals surface area contributed by atoms with Gasteiger partial charge in [-0.25, -0.2) is 9.31 Å². The lowest BCUT2D eigenvalue weighted by molar-refractivity contribution is -0.121. The van der Waals surface area contributed by atoms with Gasteiger partial charge in [-0.1, -0.05) is 26.5 Å². The van der Waals surface area contributed by atoms with Crippen LogP contribution in [0.25, 0.3) is 5.52 Å². The van der Waals surface area contributed by atoms with Crippen molar-refractivity contribution in [2.75, 3.05) is 19.7 Å². The Balaban J connectivity index is 1.46. The Hall–Kier alpha value is -3.36. The summed E-state index contributed by atoms with van der Waals surface area (Å²) in [5.74, 6) is -0.213. The summed E-state index contributed by atoms with van der Waals surface area (Å²) in [4.78, 5) is 36.0. The molecule has 9 heteroatoms. The van der Waals surface area contributed by atoms with E-state index in [1.807, 2.05) is 0 Å². The Bertz CT molecular complexity index is 952. The number of alkyl carbamates (subject to hydrolysis) is 1. The highest BCUT2D eigenvalue weighted by Crippen LogP contribution is 2.45. The van der Waals surface area contributed by atoms with E-state index in [1.54, 1.807) is 35.1 Å². The monoisotopic (exact) mass is 413 g/mol. The molecule has 3 rings (SSSR count). The van der Waals surface area contributed by atoms with E-state index in [2.05, 4.69) is 41.5 Å². The van der Waals surface area contributed by atoms with E-state index >= 15 is 0 Å². The Morgan fingerprint density at radius 2 is 2.13 bits per heavy atom. The van der Waals surface area contributed by atoms with Crippen molar-refractivity contribution < 1.29 is 19.1 Å². The Morgan fingerprint density at radius 1 is 1.33 bits per heavy atom. The summed E-state index contributed by atoms with van der Waals surface area (Å²) in [5.41, 5.74) is 1.16. The van der Waals surface area contributed by atoms with Crippen molar-refractivity contribution >= 4 is 23.4 Å². The first kappa shape index (κ1) is 21.4. The molecule has 0 radical (unpaired) electrons. The lowest BCUT2D eigenvalue weighted by Gasteiger charge is -2.52. The molecule has 2 atom stereocenters.